The average Bonchev–Trinajstić information content (AvgIpc) is 3.14. The number of aliphatic hydroxyl groups is 1. The highest BCUT2D eigenvalue weighted by atomic mass is 32.2. The fourth-order valence-corrected chi connectivity index (χ4v) is 3.02. The van der Waals surface area contributed by atoms with Gasteiger partial charge < -0.3 is 5.11 Å². The summed E-state index contributed by atoms with van der Waals surface area (Å²) in [5.74, 6) is 6.77. The molecule has 2 rings (SSSR count). The summed E-state index contributed by atoms with van der Waals surface area (Å²) in [6.45, 7) is 2.67. The monoisotopic (exact) mass is 293 g/mol. The summed E-state index contributed by atoms with van der Waals surface area (Å²) in [6.07, 6.45) is 1.52. The van der Waals surface area contributed by atoms with Gasteiger partial charge in [-0.15, -0.1) is 0 Å². The molecule has 2 atom stereocenters. The minimum Gasteiger partial charge on any atom is -0.395 e. The number of nitrogens with one attached hydrogen (secondary N) is 1. The Kier molecular flexibility index (Phi) is 4.81. The molecule has 20 heavy (non-hydrogen) atoms. The maximum atomic E-state index is 12.1. The summed E-state index contributed by atoms with van der Waals surface area (Å²) >= 11 is 0. The van der Waals surface area contributed by atoms with Crippen LogP contribution in [0.4, 0.5) is 0 Å². The van der Waals surface area contributed by atoms with E-state index >= 15 is 0 Å². The molecule has 2 N–H and O–H groups in total. The third-order valence-corrected chi connectivity index (χ3v) is 4.89. The Hall–Kier alpha value is -1.35. The molecule has 0 aromatic heterocycles. The van der Waals surface area contributed by atoms with Gasteiger partial charge in [-0.1, -0.05) is 18.8 Å². The zero-order valence-electron chi connectivity index (χ0n) is 11.5. The lowest BCUT2D eigenvalue weighted by molar-refractivity contribution is 0.305. The predicted octanol–water partition coefficient (Wildman–Crippen LogP) is 1.35. The maximum Gasteiger partial charge on any atom is 0.240 e. The highest BCUT2D eigenvalue weighted by molar-refractivity contribution is 7.89. The Morgan fingerprint density at radius 1 is 1.35 bits per heavy atom. The van der Waals surface area contributed by atoms with Crippen molar-refractivity contribution in [2.45, 2.75) is 24.7 Å². The van der Waals surface area contributed by atoms with E-state index in [1.54, 1.807) is 24.3 Å². The topological polar surface area (TPSA) is 66.4 Å². The molecule has 1 fully saturated rings. The van der Waals surface area contributed by atoms with E-state index < -0.39 is 10.0 Å². The second-order valence-corrected chi connectivity index (χ2v) is 6.89. The molecular weight excluding hydrogens is 274 g/mol. The van der Waals surface area contributed by atoms with Gasteiger partial charge in [0.25, 0.3) is 0 Å². The van der Waals surface area contributed by atoms with Crippen LogP contribution in [0.15, 0.2) is 29.2 Å². The Balaban J connectivity index is 1.99. The van der Waals surface area contributed by atoms with E-state index in [1.165, 1.54) is 0 Å². The van der Waals surface area contributed by atoms with Crippen LogP contribution in [0.1, 0.15) is 25.3 Å². The van der Waals surface area contributed by atoms with Crippen LogP contribution in [0, 0.1) is 23.7 Å². The quantitative estimate of drug-likeness (QED) is 0.806. The zero-order chi connectivity index (χ0) is 14.6. The van der Waals surface area contributed by atoms with Crippen LogP contribution in [0.5, 0.6) is 0 Å². The maximum absolute atomic E-state index is 12.1. The first-order chi connectivity index (χ1) is 9.53. The van der Waals surface area contributed by atoms with Gasteiger partial charge in [-0.2, -0.15) is 0 Å². The molecule has 108 valence electrons. The Bertz CT molecular complexity index is 611. The molecule has 1 aromatic carbocycles. The minimum atomic E-state index is -3.42. The van der Waals surface area contributed by atoms with Gasteiger partial charge in [0.1, 0.15) is 0 Å². The first kappa shape index (κ1) is 15.0. The van der Waals surface area contributed by atoms with Gasteiger partial charge in [0.2, 0.25) is 10.0 Å². The molecule has 0 saturated heterocycles. The lowest BCUT2D eigenvalue weighted by Crippen LogP contribution is -2.26. The summed E-state index contributed by atoms with van der Waals surface area (Å²) < 4.78 is 26.8. The second kappa shape index (κ2) is 6.40. The third kappa shape index (κ3) is 4.07. The number of hydrogen-bond donors (Lipinski definition) is 2. The van der Waals surface area contributed by atoms with Gasteiger partial charge >= 0.3 is 0 Å². The van der Waals surface area contributed by atoms with E-state index in [4.69, 9.17) is 5.11 Å². The molecule has 0 heterocycles. The van der Waals surface area contributed by atoms with Crippen LogP contribution in [0.3, 0.4) is 0 Å². The molecule has 2 unspecified atom stereocenters. The number of benzene rings is 1. The van der Waals surface area contributed by atoms with E-state index in [2.05, 4.69) is 23.5 Å². The zero-order valence-corrected chi connectivity index (χ0v) is 12.3. The van der Waals surface area contributed by atoms with Crippen molar-refractivity contribution >= 4 is 10.0 Å². The normalized spacial score (nSPS) is 21.1. The summed E-state index contributed by atoms with van der Waals surface area (Å²) in [6, 6.07) is 6.47. The molecular formula is C15H19NO3S. The molecule has 1 aliphatic rings. The lowest BCUT2D eigenvalue weighted by Gasteiger charge is -2.06. The summed E-state index contributed by atoms with van der Waals surface area (Å²) in [7, 11) is -3.42. The van der Waals surface area contributed by atoms with Gasteiger partial charge in [-0.05, 0) is 42.5 Å². The van der Waals surface area contributed by atoms with Crippen molar-refractivity contribution in [3.63, 3.8) is 0 Å². The van der Waals surface area contributed by atoms with Crippen LogP contribution < -0.4 is 4.72 Å². The van der Waals surface area contributed by atoms with E-state index in [0.717, 1.165) is 12.0 Å². The van der Waals surface area contributed by atoms with Gasteiger partial charge in [0, 0.05) is 18.5 Å². The largest absolute Gasteiger partial charge is 0.395 e. The highest BCUT2D eigenvalue weighted by Gasteiger charge is 2.33. The van der Waals surface area contributed by atoms with Gasteiger partial charge in [0.05, 0.1) is 11.5 Å². The molecule has 0 radical (unpaired) electrons. The molecule has 5 heteroatoms. The number of hydrogen-bond acceptors (Lipinski definition) is 3. The predicted molar refractivity (Wildman–Crippen MR) is 77.5 cm³/mol. The van der Waals surface area contributed by atoms with Crippen LogP contribution >= 0.6 is 0 Å². The van der Waals surface area contributed by atoms with Crippen molar-refractivity contribution in [1.82, 2.24) is 4.72 Å². The van der Waals surface area contributed by atoms with E-state index in [0.29, 0.717) is 24.8 Å². The van der Waals surface area contributed by atoms with Crippen LogP contribution in [-0.4, -0.2) is 26.7 Å². The van der Waals surface area contributed by atoms with Crippen molar-refractivity contribution in [3.8, 4) is 11.8 Å². The van der Waals surface area contributed by atoms with Crippen LogP contribution in [0.25, 0.3) is 0 Å². The molecule has 0 spiro atoms. The number of rotatable bonds is 5. The second-order valence-electron chi connectivity index (χ2n) is 5.12. The summed E-state index contributed by atoms with van der Waals surface area (Å²) in [5, 5.41) is 8.63. The number of sulfonamides is 1. The van der Waals surface area contributed by atoms with Crippen molar-refractivity contribution in [3.05, 3.63) is 29.8 Å². The van der Waals surface area contributed by atoms with Crippen LogP contribution in [-0.2, 0) is 10.0 Å². The third-order valence-electron chi connectivity index (χ3n) is 3.45. The Morgan fingerprint density at radius 3 is 2.55 bits per heavy atom. The van der Waals surface area contributed by atoms with Crippen molar-refractivity contribution < 1.29 is 13.5 Å². The van der Waals surface area contributed by atoms with E-state index in [-0.39, 0.29) is 11.5 Å². The smallest absolute Gasteiger partial charge is 0.240 e. The highest BCUT2D eigenvalue weighted by Crippen LogP contribution is 2.37. The molecule has 0 aliphatic heterocycles. The standard InChI is InChI=1S/C15H19NO3S/c1-12-10-14(12)11-16-20(18,19)15-7-5-13(6-8-15)4-2-3-9-17/h5-8,12,14,16-17H,3,9-11H2,1H3. The van der Waals surface area contributed by atoms with Crippen molar-refractivity contribution in [2.24, 2.45) is 11.8 Å². The van der Waals surface area contributed by atoms with Gasteiger partial charge in [-0.25, -0.2) is 13.1 Å². The van der Waals surface area contributed by atoms with Crippen molar-refractivity contribution in [1.29, 1.82) is 0 Å². The molecule has 4 nitrogen and oxygen atoms in total. The SMILES string of the molecule is CC1CC1CNS(=O)(=O)c1ccc(C#CCCO)cc1. The van der Waals surface area contributed by atoms with E-state index in [9.17, 15) is 8.42 Å². The first-order valence-corrected chi connectivity index (χ1v) is 8.20. The Labute approximate surface area is 120 Å². The van der Waals surface area contributed by atoms with E-state index in [1.807, 2.05) is 0 Å². The molecule has 0 amide bonds. The lowest BCUT2D eigenvalue weighted by atomic mass is 10.2. The van der Waals surface area contributed by atoms with Crippen molar-refractivity contribution in [2.75, 3.05) is 13.2 Å². The first-order valence-electron chi connectivity index (χ1n) is 6.72. The minimum absolute atomic E-state index is 0.0307. The van der Waals surface area contributed by atoms with Gasteiger partial charge in [-0.3, -0.25) is 0 Å². The molecule has 0 bridgehead atoms. The fourth-order valence-electron chi connectivity index (χ4n) is 1.92. The number of aliphatic hydroxyl groups excluding tert-OH is 1. The summed E-state index contributed by atoms with van der Waals surface area (Å²) in [4.78, 5) is 0.263. The molecule has 1 aromatic rings. The van der Waals surface area contributed by atoms with Crippen LogP contribution in [0.2, 0.25) is 0 Å². The molecule has 1 saturated carbocycles. The Morgan fingerprint density at radius 2 is 2.00 bits per heavy atom. The fraction of sp³-hybridized carbons (Fsp3) is 0.467. The summed E-state index contributed by atoms with van der Waals surface area (Å²) in [5.41, 5.74) is 0.744. The molecule has 1 aliphatic carbocycles. The average molecular weight is 293 g/mol. The van der Waals surface area contributed by atoms with Gasteiger partial charge in [0.15, 0.2) is 0 Å².